The number of amides is 2. The van der Waals surface area contributed by atoms with Gasteiger partial charge in [0, 0.05) is 29.9 Å². The lowest BCUT2D eigenvalue weighted by Gasteiger charge is -2.32. The van der Waals surface area contributed by atoms with Crippen molar-refractivity contribution in [2.45, 2.75) is 25.9 Å². The Balaban J connectivity index is 2.07. The van der Waals surface area contributed by atoms with E-state index in [4.69, 9.17) is 12.2 Å². The molecule has 1 aromatic carbocycles. The summed E-state index contributed by atoms with van der Waals surface area (Å²) in [5.74, 6) is -0.220. The molecule has 1 aromatic heterocycles. The van der Waals surface area contributed by atoms with Gasteiger partial charge in [0.25, 0.3) is 11.5 Å². The number of aromatic amines is 1. The minimum atomic E-state index is -1.03. The van der Waals surface area contributed by atoms with E-state index in [-0.39, 0.29) is 28.8 Å². The number of hydrogen-bond acceptors (Lipinski definition) is 4. The first-order chi connectivity index (χ1) is 12.3. The number of carbonyl (C=O) groups excluding carboxylic acids is 1. The SMILES string of the molecule is CNC(=O)c1ccc(-n2c(=S)[nH]c3c(c2=O)CC(C)N(C(=O)O)C3)cc1. The average molecular weight is 374 g/mol. The fraction of sp³-hybridized carbons (Fsp3) is 0.294. The molecule has 3 N–H and O–H groups in total. The second-order valence-electron chi connectivity index (χ2n) is 6.12. The Hall–Kier alpha value is -2.94. The van der Waals surface area contributed by atoms with Crippen LogP contribution in [-0.4, -0.2) is 44.6 Å². The zero-order valence-corrected chi connectivity index (χ0v) is 15.1. The summed E-state index contributed by atoms with van der Waals surface area (Å²) in [6.07, 6.45) is -0.723. The zero-order chi connectivity index (χ0) is 19.0. The molecule has 2 heterocycles. The van der Waals surface area contributed by atoms with Gasteiger partial charge in [0.1, 0.15) is 0 Å². The van der Waals surface area contributed by atoms with E-state index in [1.165, 1.54) is 9.47 Å². The number of carbonyl (C=O) groups is 2. The Labute approximate surface area is 154 Å². The summed E-state index contributed by atoms with van der Waals surface area (Å²) in [6.45, 7) is 1.86. The van der Waals surface area contributed by atoms with Crippen molar-refractivity contribution in [1.82, 2.24) is 19.8 Å². The molecular formula is C17H18N4O4S. The van der Waals surface area contributed by atoms with E-state index >= 15 is 0 Å². The number of rotatable bonds is 2. The summed E-state index contributed by atoms with van der Waals surface area (Å²) in [5, 5.41) is 11.8. The molecule has 1 unspecified atom stereocenters. The van der Waals surface area contributed by atoms with Crippen LogP contribution in [0.15, 0.2) is 29.1 Å². The molecule has 3 rings (SSSR count). The average Bonchev–Trinajstić information content (AvgIpc) is 2.61. The summed E-state index contributed by atoms with van der Waals surface area (Å²) in [5.41, 5.74) is 1.80. The summed E-state index contributed by atoms with van der Waals surface area (Å²) >= 11 is 5.31. The highest BCUT2D eigenvalue weighted by Crippen LogP contribution is 2.20. The van der Waals surface area contributed by atoms with Gasteiger partial charge >= 0.3 is 6.09 Å². The van der Waals surface area contributed by atoms with Gasteiger partial charge in [-0.05, 0) is 49.8 Å². The van der Waals surface area contributed by atoms with Crippen LogP contribution in [0.25, 0.3) is 5.69 Å². The van der Waals surface area contributed by atoms with Gasteiger partial charge < -0.3 is 15.4 Å². The van der Waals surface area contributed by atoms with Crippen molar-refractivity contribution < 1.29 is 14.7 Å². The van der Waals surface area contributed by atoms with Crippen LogP contribution in [0.2, 0.25) is 0 Å². The molecule has 2 amide bonds. The van der Waals surface area contributed by atoms with Gasteiger partial charge in [-0.3, -0.25) is 19.1 Å². The first-order valence-corrected chi connectivity index (χ1v) is 8.43. The molecule has 0 bridgehead atoms. The molecule has 1 aliphatic heterocycles. The van der Waals surface area contributed by atoms with Crippen LogP contribution in [0.4, 0.5) is 4.79 Å². The van der Waals surface area contributed by atoms with Gasteiger partial charge in [-0.2, -0.15) is 0 Å². The highest BCUT2D eigenvalue weighted by molar-refractivity contribution is 7.71. The number of H-pyrrole nitrogens is 1. The molecule has 0 fully saturated rings. The quantitative estimate of drug-likeness (QED) is 0.693. The van der Waals surface area contributed by atoms with E-state index in [9.17, 15) is 19.5 Å². The molecule has 136 valence electrons. The van der Waals surface area contributed by atoms with E-state index in [0.717, 1.165) is 0 Å². The van der Waals surface area contributed by atoms with Crippen molar-refractivity contribution in [2.75, 3.05) is 7.05 Å². The zero-order valence-electron chi connectivity index (χ0n) is 14.3. The number of fused-ring (bicyclic) bond motifs is 1. The summed E-state index contributed by atoms with van der Waals surface area (Å²) < 4.78 is 1.55. The predicted octanol–water partition coefficient (Wildman–Crippen LogP) is 1.68. The summed E-state index contributed by atoms with van der Waals surface area (Å²) in [7, 11) is 1.54. The van der Waals surface area contributed by atoms with Gasteiger partial charge in [0.15, 0.2) is 4.77 Å². The van der Waals surface area contributed by atoms with E-state index < -0.39 is 6.09 Å². The third kappa shape index (κ3) is 3.01. The molecule has 2 aromatic rings. The molecule has 8 nitrogen and oxygen atoms in total. The summed E-state index contributed by atoms with van der Waals surface area (Å²) in [4.78, 5) is 40.2. The standard InChI is InChI=1S/C17H18N4O4S/c1-9-7-12-13(8-20(9)17(24)25)19-16(26)21(15(12)23)11-5-3-10(4-6-11)14(22)18-2/h3-6,9H,7-8H2,1-2H3,(H,18,22)(H,19,26)(H,24,25). The number of carboxylic acid groups (broad SMARTS) is 1. The van der Waals surface area contributed by atoms with Crippen molar-refractivity contribution in [3.05, 3.63) is 56.2 Å². The van der Waals surface area contributed by atoms with Crippen LogP contribution in [0.1, 0.15) is 28.5 Å². The van der Waals surface area contributed by atoms with Crippen molar-refractivity contribution in [3.8, 4) is 5.69 Å². The predicted molar refractivity (Wildman–Crippen MR) is 97.3 cm³/mol. The Morgan fingerprint density at radius 2 is 1.96 bits per heavy atom. The van der Waals surface area contributed by atoms with Crippen LogP contribution >= 0.6 is 12.2 Å². The van der Waals surface area contributed by atoms with E-state index in [1.807, 2.05) is 0 Å². The second kappa shape index (κ2) is 6.75. The number of benzene rings is 1. The lowest BCUT2D eigenvalue weighted by molar-refractivity contribution is 0.0962. The van der Waals surface area contributed by atoms with Gasteiger partial charge in [0.05, 0.1) is 12.2 Å². The van der Waals surface area contributed by atoms with Crippen molar-refractivity contribution >= 4 is 24.2 Å². The number of nitrogens with one attached hydrogen (secondary N) is 2. The first kappa shape index (κ1) is 17.9. The Bertz CT molecular complexity index is 993. The number of aromatic nitrogens is 2. The molecule has 1 aliphatic rings. The highest BCUT2D eigenvalue weighted by Gasteiger charge is 2.29. The fourth-order valence-corrected chi connectivity index (χ4v) is 3.40. The first-order valence-electron chi connectivity index (χ1n) is 8.02. The minimum absolute atomic E-state index is 0.0984. The maximum absolute atomic E-state index is 13.0. The molecule has 9 heteroatoms. The highest BCUT2D eigenvalue weighted by atomic mass is 32.1. The molecule has 0 aliphatic carbocycles. The number of nitrogens with zero attached hydrogens (tertiary/aromatic N) is 2. The molecule has 0 saturated heterocycles. The van der Waals surface area contributed by atoms with Crippen LogP contribution in [0.5, 0.6) is 0 Å². The molecule has 0 radical (unpaired) electrons. The van der Waals surface area contributed by atoms with Crippen LogP contribution in [0.3, 0.4) is 0 Å². The lowest BCUT2D eigenvalue weighted by Crippen LogP contribution is -2.45. The molecular weight excluding hydrogens is 356 g/mol. The third-order valence-electron chi connectivity index (χ3n) is 4.51. The normalized spacial score (nSPS) is 16.1. The number of hydrogen-bond donors (Lipinski definition) is 3. The third-order valence-corrected chi connectivity index (χ3v) is 4.79. The Morgan fingerprint density at radius 1 is 1.31 bits per heavy atom. The molecule has 26 heavy (non-hydrogen) atoms. The van der Waals surface area contributed by atoms with Crippen molar-refractivity contribution in [3.63, 3.8) is 0 Å². The molecule has 0 spiro atoms. The largest absolute Gasteiger partial charge is 0.465 e. The van der Waals surface area contributed by atoms with Gasteiger partial charge in [-0.15, -0.1) is 0 Å². The van der Waals surface area contributed by atoms with Gasteiger partial charge in [0.2, 0.25) is 0 Å². The summed E-state index contributed by atoms with van der Waals surface area (Å²) in [6, 6.07) is 6.23. The van der Waals surface area contributed by atoms with E-state index in [2.05, 4.69) is 10.3 Å². The fourth-order valence-electron chi connectivity index (χ4n) is 3.09. The Morgan fingerprint density at radius 3 is 2.54 bits per heavy atom. The minimum Gasteiger partial charge on any atom is -0.465 e. The van der Waals surface area contributed by atoms with Crippen LogP contribution in [0, 0.1) is 4.77 Å². The van der Waals surface area contributed by atoms with Crippen LogP contribution < -0.4 is 10.9 Å². The van der Waals surface area contributed by atoms with Gasteiger partial charge in [-0.25, -0.2) is 4.79 Å². The lowest BCUT2D eigenvalue weighted by atomic mass is 10.0. The topological polar surface area (TPSA) is 107 Å². The van der Waals surface area contributed by atoms with Crippen molar-refractivity contribution in [2.24, 2.45) is 0 Å². The molecule has 1 atom stereocenters. The van der Waals surface area contributed by atoms with Crippen LogP contribution in [-0.2, 0) is 13.0 Å². The van der Waals surface area contributed by atoms with Crippen molar-refractivity contribution in [1.29, 1.82) is 0 Å². The van der Waals surface area contributed by atoms with Gasteiger partial charge in [-0.1, -0.05) is 0 Å². The van der Waals surface area contributed by atoms with E-state index in [1.54, 1.807) is 38.2 Å². The Kier molecular flexibility index (Phi) is 4.64. The smallest absolute Gasteiger partial charge is 0.407 e. The monoisotopic (exact) mass is 374 g/mol. The van der Waals surface area contributed by atoms with E-state index in [0.29, 0.717) is 28.9 Å². The molecule has 0 saturated carbocycles. The second-order valence-corrected chi connectivity index (χ2v) is 6.50. The maximum Gasteiger partial charge on any atom is 0.407 e. The maximum atomic E-state index is 13.0.